The molecule has 0 saturated heterocycles. The van der Waals surface area contributed by atoms with E-state index in [9.17, 15) is 9.59 Å². The molecule has 0 aliphatic heterocycles. The molecular formula is C12H9ClN2O2. The smallest absolute Gasteiger partial charge is 0.271 e. The summed E-state index contributed by atoms with van der Waals surface area (Å²) in [4.78, 5) is 25.7. The fourth-order valence-corrected chi connectivity index (χ4v) is 1.58. The van der Waals surface area contributed by atoms with Gasteiger partial charge in [0.15, 0.2) is 0 Å². The number of H-pyrrole nitrogens is 1. The van der Waals surface area contributed by atoms with Crippen LogP contribution in [0.15, 0.2) is 47.4 Å². The van der Waals surface area contributed by atoms with Crippen molar-refractivity contribution < 1.29 is 4.79 Å². The number of aromatic amines is 1. The van der Waals surface area contributed by atoms with Crippen molar-refractivity contribution in [1.29, 1.82) is 0 Å². The molecule has 0 aliphatic rings. The summed E-state index contributed by atoms with van der Waals surface area (Å²) < 4.78 is 0. The van der Waals surface area contributed by atoms with Crippen molar-refractivity contribution in [1.82, 2.24) is 4.98 Å². The van der Waals surface area contributed by atoms with Crippen LogP contribution in [0.3, 0.4) is 0 Å². The maximum atomic E-state index is 11.8. The number of amides is 1. The average Bonchev–Trinajstić information content (AvgIpc) is 2.32. The van der Waals surface area contributed by atoms with E-state index in [0.29, 0.717) is 10.6 Å². The highest BCUT2D eigenvalue weighted by atomic mass is 35.5. The van der Waals surface area contributed by atoms with Gasteiger partial charge in [-0.15, -0.1) is 0 Å². The molecule has 0 atom stereocenters. The Bertz CT molecular complexity index is 607. The number of nitrogens with one attached hydrogen (secondary N) is 2. The highest BCUT2D eigenvalue weighted by Crippen LogP contribution is 2.15. The molecular weight excluding hydrogens is 240 g/mol. The molecule has 1 heterocycles. The molecule has 0 unspecified atom stereocenters. The number of anilines is 1. The summed E-state index contributed by atoms with van der Waals surface area (Å²) in [6.07, 6.45) is 1.49. The molecule has 17 heavy (non-hydrogen) atoms. The largest absolute Gasteiger partial charge is 0.327 e. The van der Waals surface area contributed by atoms with Gasteiger partial charge in [0.25, 0.3) is 11.5 Å². The first kappa shape index (κ1) is 11.4. The quantitative estimate of drug-likeness (QED) is 0.857. The van der Waals surface area contributed by atoms with Crippen molar-refractivity contribution in [2.75, 3.05) is 5.32 Å². The Morgan fingerprint density at radius 2 is 1.94 bits per heavy atom. The zero-order valence-electron chi connectivity index (χ0n) is 8.74. The number of rotatable bonds is 2. The van der Waals surface area contributed by atoms with Crippen LogP contribution in [0.5, 0.6) is 0 Å². The number of benzene rings is 1. The van der Waals surface area contributed by atoms with Crippen molar-refractivity contribution in [2.45, 2.75) is 0 Å². The van der Waals surface area contributed by atoms with Crippen LogP contribution in [-0.4, -0.2) is 10.9 Å². The minimum absolute atomic E-state index is 0.192. The summed E-state index contributed by atoms with van der Waals surface area (Å²) in [7, 11) is 0. The molecule has 1 aromatic heterocycles. The van der Waals surface area contributed by atoms with Crippen LogP contribution < -0.4 is 10.9 Å². The van der Waals surface area contributed by atoms with Crippen molar-refractivity contribution in [3.05, 3.63) is 63.5 Å². The lowest BCUT2D eigenvalue weighted by molar-refractivity contribution is 0.102. The lowest BCUT2D eigenvalue weighted by atomic mass is 10.2. The molecule has 0 radical (unpaired) electrons. The van der Waals surface area contributed by atoms with Gasteiger partial charge in [-0.05, 0) is 24.3 Å². The maximum Gasteiger partial charge on any atom is 0.271 e. The number of carbonyl (C=O) groups excluding carboxylic acids is 1. The number of carbonyl (C=O) groups is 1. The van der Waals surface area contributed by atoms with Crippen LogP contribution in [0.1, 0.15) is 10.4 Å². The van der Waals surface area contributed by atoms with Crippen LogP contribution in [0.2, 0.25) is 5.02 Å². The molecule has 2 N–H and O–H groups in total. The second kappa shape index (κ2) is 4.84. The predicted molar refractivity (Wildman–Crippen MR) is 66.5 cm³/mol. The average molecular weight is 249 g/mol. The predicted octanol–water partition coefficient (Wildman–Crippen LogP) is 2.28. The summed E-state index contributed by atoms with van der Waals surface area (Å²) in [5.74, 6) is -0.410. The van der Waals surface area contributed by atoms with E-state index in [1.165, 1.54) is 12.3 Å². The molecule has 1 aromatic carbocycles. The van der Waals surface area contributed by atoms with Gasteiger partial charge in [-0.1, -0.05) is 23.7 Å². The second-order valence-electron chi connectivity index (χ2n) is 3.35. The SMILES string of the molecule is O=C(Nc1ccc[nH]c1=O)c1ccccc1Cl. The molecule has 86 valence electrons. The highest BCUT2D eigenvalue weighted by molar-refractivity contribution is 6.34. The molecule has 2 aromatic rings. The zero-order valence-corrected chi connectivity index (χ0v) is 9.49. The summed E-state index contributed by atoms with van der Waals surface area (Å²) in [6, 6.07) is 9.79. The summed E-state index contributed by atoms with van der Waals surface area (Å²) in [5.41, 5.74) is 0.169. The third-order valence-electron chi connectivity index (χ3n) is 2.18. The number of aromatic nitrogens is 1. The Labute approximate surface area is 102 Å². The van der Waals surface area contributed by atoms with Gasteiger partial charge >= 0.3 is 0 Å². The molecule has 5 heteroatoms. The van der Waals surface area contributed by atoms with E-state index in [1.807, 2.05) is 0 Å². The van der Waals surface area contributed by atoms with Crippen LogP contribution >= 0.6 is 11.6 Å². The molecule has 0 saturated carbocycles. The summed E-state index contributed by atoms with van der Waals surface area (Å²) >= 11 is 5.88. The monoisotopic (exact) mass is 248 g/mol. The van der Waals surface area contributed by atoms with E-state index in [2.05, 4.69) is 10.3 Å². The molecule has 0 aliphatic carbocycles. The topological polar surface area (TPSA) is 62.0 Å². The van der Waals surface area contributed by atoms with E-state index in [1.54, 1.807) is 30.3 Å². The molecule has 0 bridgehead atoms. The number of hydrogen-bond acceptors (Lipinski definition) is 2. The standard InChI is InChI=1S/C12H9ClN2O2/c13-9-5-2-1-4-8(9)11(16)15-10-6-3-7-14-12(10)17/h1-7H,(H,14,17)(H,15,16). The van der Waals surface area contributed by atoms with E-state index in [4.69, 9.17) is 11.6 Å². The Morgan fingerprint density at radius 1 is 1.18 bits per heavy atom. The Kier molecular flexibility index (Phi) is 3.25. The maximum absolute atomic E-state index is 11.8. The Morgan fingerprint density at radius 3 is 2.65 bits per heavy atom. The molecule has 2 rings (SSSR count). The first-order valence-corrected chi connectivity index (χ1v) is 5.30. The van der Waals surface area contributed by atoms with Crippen molar-refractivity contribution in [3.8, 4) is 0 Å². The molecule has 1 amide bonds. The number of halogens is 1. The second-order valence-corrected chi connectivity index (χ2v) is 3.75. The van der Waals surface area contributed by atoms with Crippen LogP contribution in [-0.2, 0) is 0 Å². The van der Waals surface area contributed by atoms with Crippen LogP contribution in [0.25, 0.3) is 0 Å². The molecule has 0 fully saturated rings. The van der Waals surface area contributed by atoms with E-state index in [-0.39, 0.29) is 11.2 Å². The van der Waals surface area contributed by atoms with Gasteiger partial charge in [-0.2, -0.15) is 0 Å². The third kappa shape index (κ3) is 2.54. The van der Waals surface area contributed by atoms with Gasteiger partial charge in [0.2, 0.25) is 0 Å². The minimum atomic E-state index is -0.410. The van der Waals surface area contributed by atoms with E-state index >= 15 is 0 Å². The van der Waals surface area contributed by atoms with Gasteiger partial charge in [0.1, 0.15) is 5.69 Å². The normalized spacial score (nSPS) is 9.94. The van der Waals surface area contributed by atoms with Gasteiger partial charge in [-0.3, -0.25) is 9.59 Å². The van der Waals surface area contributed by atoms with E-state index in [0.717, 1.165) is 0 Å². The lowest BCUT2D eigenvalue weighted by Crippen LogP contribution is -2.19. The van der Waals surface area contributed by atoms with Gasteiger partial charge in [-0.25, -0.2) is 0 Å². The Balaban J connectivity index is 2.27. The van der Waals surface area contributed by atoms with Crippen LogP contribution in [0.4, 0.5) is 5.69 Å². The minimum Gasteiger partial charge on any atom is -0.327 e. The fraction of sp³-hybridized carbons (Fsp3) is 0. The van der Waals surface area contributed by atoms with Gasteiger partial charge in [0, 0.05) is 6.20 Å². The number of pyridine rings is 1. The number of hydrogen-bond donors (Lipinski definition) is 2. The van der Waals surface area contributed by atoms with Gasteiger partial charge < -0.3 is 10.3 Å². The van der Waals surface area contributed by atoms with Crippen molar-refractivity contribution >= 4 is 23.2 Å². The first-order valence-electron chi connectivity index (χ1n) is 4.92. The third-order valence-corrected chi connectivity index (χ3v) is 2.51. The van der Waals surface area contributed by atoms with Crippen molar-refractivity contribution in [3.63, 3.8) is 0 Å². The molecule has 0 spiro atoms. The Hall–Kier alpha value is -2.07. The highest BCUT2D eigenvalue weighted by Gasteiger charge is 2.10. The van der Waals surface area contributed by atoms with Crippen molar-refractivity contribution in [2.24, 2.45) is 0 Å². The fourth-order valence-electron chi connectivity index (χ4n) is 1.36. The lowest BCUT2D eigenvalue weighted by Gasteiger charge is -2.05. The summed E-state index contributed by atoms with van der Waals surface area (Å²) in [6.45, 7) is 0. The van der Waals surface area contributed by atoms with Crippen LogP contribution in [0, 0.1) is 0 Å². The van der Waals surface area contributed by atoms with E-state index < -0.39 is 5.91 Å². The first-order chi connectivity index (χ1) is 8.18. The summed E-state index contributed by atoms with van der Waals surface area (Å²) in [5, 5.41) is 2.84. The molecule has 4 nitrogen and oxygen atoms in total. The van der Waals surface area contributed by atoms with Gasteiger partial charge in [0.05, 0.1) is 10.6 Å². The zero-order chi connectivity index (χ0) is 12.3.